The fourth-order valence-corrected chi connectivity index (χ4v) is 2.93. The van der Waals surface area contributed by atoms with Gasteiger partial charge in [0.1, 0.15) is 5.82 Å². The highest BCUT2D eigenvalue weighted by Crippen LogP contribution is 2.40. The first-order valence-electron chi connectivity index (χ1n) is 7.39. The van der Waals surface area contributed by atoms with Gasteiger partial charge in [-0.2, -0.15) is 26.6 Å². The molecule has 28 heavy (non-hydrogen) atoms. The summed E-state index contributed by atoms with van der Waals surface area (Å²) in [4.78, 5) is 3.12. The minimum Gasteiger partial charge on any atom is -0.368 e. The molecule has 0 saturated carbocycles. The Morgan fingerprint density at radius 1 is 1.14 bits per heavy atom. The van der Waals surface area contributed by atoms with Crippen molar-refractivity contribution in [1.82, 2.24) is 15.2 Å². The second-order valence-corrected chi connectivity index (χ2v) is 6.97. The highest BCUT2D eigenvalue weighted by Gasteiger charge is 2.36. The molecule has 2 aromatic carbocycles. The van der Waals surface area contributed by atoms with Gasteiger partial charge >= 0.3 is 6.18 Å². The van der Waals surface area contributed by atoms with Crippen LogP contribution in [0.1, 0.15) is 5.56 Å². The smallest absolute Gasteiger partial charge is 0.368 e. The van der Waals surface area contributed by atoms with E-state index in [1.54, 1.807) is 0 Å². The predicted octanol–water partition coefficient (Wildman–Crippen LogP) is 3.20. The summed E-state index contributed by atoms with van der Waals surface area (Å²) >= 11 is 0. The first kappa shape index (κ1) is 19.6. The summed E-state index contributed by atoms with van der Waals surface area (Å²) in [6.07, 6.45) is -4.92. The summed E-state index contributed by atoms with van der Waals surface area (Å²) in [7, 11) is -4.54. The molecule has 0 unspecified atom stereocenters. The minimum absolute atomic E-state index is 0.0884. The van der Waals surface area contributed by atoms with Crippen LogP contribution in [0.5, 0.6) is 0 Å². The van der Waals surface area contributed by atoms with Crippen LogP contribution in [0.4, 0.5) is 35.1 Å². The minimum atomic E-state index is -4.92. The van der Waals surface area contributed by atoms with Gasteiger partial charge in [0.15, 0.2) is 0 Å². The molecular formula is C15H11F4N5O3S. The Labute approximate surface area is 155 Å². The van der Waals surface area contributed by atoms with Crippen molar-refractivity contribution in [3.8, 4) is 11.1 Å². The molecule has 148 valence electrons. The second-order valence-electron chi connectivity index (χ2n) is 5.55. The Kier molecular flexibility index (Phi) is 4.72. The average molecular weight is 417 g/mol. The van der Waals surface area contributed by atoms with Crippen LogP contribution in [-0.2, 0) is 16.3 Å². The molecule has 1 aromatic heterocycles. The number of aromatic nitrogens is 3. The van der Waals surface area contributed by atoms with Gasteiger partial charge in [-0.25, -0.2) is 9.49 Å². The number of anilines is 3. The van der Waals surface area contributed by atoms with E-state index in [0.29, 0.717) is 6.07 Å². The Bertz CT molecular complexity index is 1130. The van der Waals surface area contributed by atoms with E-state index in [1.807, 2.05) is 0 Å². The molecule has 0 radical (unpaired) electrons. The van der Waals surface area contributed by atoms with E-state index in [4.69, 9.17) is 10.3 Å². The first-order valence-corrected chi connectivity index (χ1v) is 8.83. The summed E-state index contributed by atoms with van der Waals surface area (Å²) in [5.74, 6) is -1.47. The lowest BCUT2D eigenvalue weighted by Gasteiger charge is -2.16. The topological polar surface area (TPSA) is 134 Å². The van der Waals surface area contributed by atoms with E-state index in [1.165, 1.54) is 0 Å². The lowest BCUT2D eigenvalue weighted by molar-refractivity contribution is -0.137. The van der Waals surface area contributed by atoms with E-state index < -0.39 is 38.1 Å². The second kappa shape index (κ2) is 6.76. The molecule has 5 N–H and O–H groups in total. The lowest BCUT2D eigenvalue weighted by Crippen LogP contribution is -2.10. The molecule has 0 aliphatic rings. The first-order chi connectivity index (χ1) is 12.9. The standard InChI is InChI=1S/C15H11F4N5O3S/c16-11-6-8(21-14-22-13(20)23-24-14)5-10(15(17,18)19)12(11)7-1-3-9(4-2-7)28(25,26)27/h1-6H,(H,25,26,27)(H4,20,21,22,23,24). The van der Waals surface area contributed by atoms with Gasteiger partial charge in [-0.05, 0) is 29.8 Å². The van der Waals surface area contributed by atoms with Crippen LogP contribution in [-0.4, -0.2) is 28.2 Å². The summed E-state index contributed by atoms with van der Waals surface area (Å²) < 4.78 is 86.2. The molecule has 0 amide bonds. The lowest BCUT2D eigenvalue weighted by atomic mass is 9.98. The zero-order chi connectivity index (χ0) is 20.7. The van der Waals surface area contributed by atoms with Crippen molar-refractivity contribution in [3.05, 3.63) is 47.8 Å². The van der Waals surface area contributed by atoms with Gasteiger partial charge in [0, 0.05) is 11.3 Å². The van der Waals surface area contributed by atoms with Crippen molar-refractivity contribution in [1.29, 1.82) is 0 Å². The maximum Gasteiger partial charge on any atom is 0.417 e. The Hall–Kier alpha value is -3.19. The number of alkyl halides is 3. The molecule has 0 saturated heterocycles. The molecule has 3 rings (SSSR count). The number of H-pyrrole nitrogens is 1. The van der Waals surface area contributed by atoms with E-state index in [-0.39, 0.29) is 23.1 Å². The van der Waals surface area contributed by atoms with Crippen molar-refractivity contribution < 1.29 is 30.5 Å². The quantitative estimate of drug-likeness (QED) is 0.378. The maximum absolute atomic E-state index is 14.6. The van der Waals surface area contributed by atoms with Crippen LogP contribution in [0, 0.1) is 5.82 Å². The number of hydrogen-bond acceptors (Lipinski definition) is 6. The third-order valence-electron chi connectivity index (χ3n) is 3.60. The normalized spacial score (nSPS) is 12.2. The number of nitrogens with two attached hydrogens (primary N) is 1. The number of halogens is 4. The largest absolute Gasteiger partial charge is 0.417 e. The highest BCUT2D eigenvalue weighted by atomic mass is 32.2. The predicted molar refractivity (Wildman–Crippen MR) is 90.7 cm³/mol. The van der Waals surface area contributed by atoms with Crippen LogP contribution >= 0.6 is 0 Å². The number of rotatable bonds is 4. The third-order valence-corrected chi connectivity index (χ3v) is 4.46. The fraction of sp³-hybridized carbons (Fsp3) is 0.0667. The monoisotopic (exact) mass is 417 g/mol. The van der Waals surface area contributed by atoms with Crippen molar-refractivity contribution in [3.63, 3.8) is 0 Å². The van der Waals surface area contributed by atoms with Gasteiger partial charge < -0.3 is 11.1 Å². The van der Waals surface area contributed by atoms with E-state index in [2.05, 4.69) is 20.5 Å². The zero-order valence-electron chi connectivity index (χ0n) is 13.6. The summed E-state index contributed by atoms with van der Waals surface area (Å²) in [6, 6.07) is 5.11. The molecule has 0 aliphatic carbocycles. The van der Waals surface area contributed by atoms with Crippen molar-refractivity contribution >= 4 is 27.7 Å². The van der Waals surface area contributed by atoms with Crippen LogP contribution < -0.4 is 11.1 Å². The molecule has 13 heteroatoms. The van der Waals surface area contributed by atoms with Gasteiger partial charge in [0.25, 0.3) is 10.1 Å². The molecule has 3 aromatic rings. The van der Waals surface area contributed by atoms with E-state index >= 15 is 0 Å². The van der Waals surface area contributed by atoms with E-state index in [9.17, 15) is 26.0 Å². The molecule has 0 atom stereocenters. The number of nitrogens with one attached hydrogen (secondary N) is 2. The van der Waals surface area contributed by atoms with Gasteiger partial charge in [-0.1, -0.05) is 12.1 Å². The van der Waals surface area contributed by atoms with E-state index in [0.717, 1.165) is 30.3 Å². The molecule has 0 spiro atoms. The van der Waals surface area contributed by atoms with Crippen molar-refractivity contribution in [2.45, 2.75) is 11.1 Å². The summed E-state index contributed by atoms with van der Waals surface area (Å²) in [5.41, 5.74) is 2.72. The molecule has 0 fully saturated rings. The van der Waals surface area contributed by atoms with Crippen molar-refractivity contribution in [2.24, 2.45) is 0 Å². The molecule has 0 aliphatic heterocycles. The number of nitrogen functional groups attached to an aromatic ring is 1. The Morgan fingerprint density at radius 3 is 2.29 bits per heavy atom. The van der Waals surface area contributed by atoms with Crippen LogP contribution in [0.25, 0.3) is 11.1 Å². The highest BCUT2D eigenvalue weighted by molar-refractivity contribution is 7.85. The SMILES string of the molecule is Nc1nc(Nc2cc(F)c(-c3ccc(S(=O)(=O)O)cc3)c(C(F)(F)F)c2)n[nH]1. The number of nitrogens with zero attached hydrogens (tertiary/aromatic N) is 2. The summed E-state index contributed by atoms with van der Waals surface area (Å²) in [5, 5.41) is 8.26. The van der Waals surface area contributed by atoms with Gasteiger partial charge in [-0.3, -0.25) is 4.55 Å². The number of aromatic amines is 1. The average Bonchev–Trinajstić information content (AvgIpc) is 2.98. The van der Waals surface area contributed by atoms with Gasteiger partial charge in [0.2, 0.25) is 11.9 Å². The number of benzene rings is 2. The van der Waals surface area contributed by atoms with Gasteiger partial charge in [-0.15, -0.1) is 5.10 Å². The van der Waals surface area contributed by atoms with Gasteiger partial charge in [0.05, 0.1) is 10.5 Å². The molecular weight excluding hydrogens is 406 g/mol. The zero-order valence-corrected chi connectivity index (χ0v) is 14.4. The van der Waals surface area contributed by atoms with Crippen molar-refractivity contribution in [2.75, 3.05) is 11.1 Å². The maximum atomic E-state index is 14.6. The number of hydrogen-bond donors (Lipinski definition) is 4. The van der Waals surface area contributed by atoms with Crippen LogP contribution in [0.2, 0.25) is 0 Å². The summed E-state index contributed by atoms with van der Waals surface area (Å²) in [6.45, 7) is 0. The van der Waals surface area contributed by atoms with Crippen LogP contribution in [0.3, 0.4) is 0 Å². The molecule has 0 bridgehead atoms. The Balaban J connectivity index is 2.10. The third kappa shape index (κ3) is 4.04. The Morgan fingerprint density at radius 2 is 1.79 bits per heavy atom. The fourth-order valence-electron chi connectivity index (χ4n) is 2.45. The van der Waals surface area contributed by atoms with Crippen LogP contribution in [0.15, 0.2) is 41.3 Å². The molecule has 8 nitrogen and oxygen atoms in total. The molecule has 1 heterocycles.